The van der Waals surface area contributed by atoms with E-state index < -0.39 is 0 Å². The first kappa shape index (κ1) is 5.16. The normalized spacial score (nSPS) is 39.7. The van der Waals surface area contributed by atoms with E-state index in [0.29, 0.717) is 11.3 Å². The molecule has 2 atom stereocenters. The fourth-order valence-corrected chi connectivity index (χ4v) is 1.21. The Kier molecular flexibility index (Phi) is 1.38. The molecule has 7 heavy (non-hydrogen) atoms. The topological polar surface area (TPSA) is 12.4 Å². The van der Waals surface area contributed by atoms with Gasteiger partial charge in [-0.1, -0.05) is 6.92 Å². The Bertz CT molecular complexity index is 90.1. The predicted molar refractivity (Wildman–Crippen MR) is 35.0 cm³/mol. The fraction of sp³-hybridized carbons (Fsp3) is 0.800. The molecule has 0 N–H and O–H groups in total. The Morgan fingerprint density at radius 3 is 2.43 bits per heavy atom. The number of nitrogens with zero attached hydrogens (tertiary/aromatic N) is 1. The molecule has 0 radical (unpaired) electrons. The summed E-state index contributed by atoms with van der Waals surface area (Å²) in [5, 5.41) is 0.708. The van der Waals surface area contributed by atoms with Gasteiger partial charge in [-0.25, -0.2) is 0 Å². The molecule has 2 heteroatoms. The third-order valence-corrected chi connectivity index (χ3v) is 2.32. The van der Waals surface area contributed by atoms with E-state index in [0.717, 1.165) is 0 Å². The summed E-state index contributed by atoms with van der Waals surface area (Å²) in [6.07, 6.45) is 0. The molecule has 0 aliphatic carbocycles. The van der Waals surface area contributed by atoms with E-state index in [1.54, 1.807) is 0 Å². The maximum Gasteiger partial charge on any atom is 0.0597 e. The SMILES string of the molecule is CC1N=CSC1C. The zero-order valence-electron chi connectivity index (χ0n) is 4.59. The van der Waals surface area contributed by atoms with Gasteiger partial charge in [-0.05, 0) is 6.92 Å². The maximum absolute atomic E-state index is 4.16. The molecule has 0 saturated carbocycles. The summed E-state index contributed by atoms with van der Waals surface area (Å²) in [5.41, 5.74) is 1.94. The van der Waals surface area contributed by atoms with Crippen molar-refractivity contribution >= 4 is 17.3 Å². The van der Waals surface area contributed by atoms with Crippen LogP contribution >= 0.6 is 11.8 Å². The van der Waals surface area contributed by atoms with Crippen LogP contribution in [0.25, 0.3) is 0 Å². The fourth-order valence-electron chi connectivity index (χ4n) is 0.462. The van der Waals surface area contributed by atoms with Crippen LogP contribution in [0.15, 0.2) is 4.99 Å². The maximum atomic E-state index is 4.16. The van der Waals surface area contributed by atoms with Crippen LogP contribution in [0.5, 0.6) is 0 Å². The number of rotatable bonds is 0. The minimum atomic E-state index is 0.546. The second-order valence-electron chi connectivity index (χ2n) is 1.84. The van der Waals surface area contributed by atoms with Crippen molar-refractivity contribution in [3.63, 3.8) is 0 Å². The molecular weight excluding hydrogens is 106 g/mol. The second-order valence-corrected chi connectivity index (χ2v) is 3.06. The quantitative estimate of drug-likeness (QED) is 0.466. The Morgan fingerprint density at radius 2 is 2.29 bits per heavy atom. The zero-order valence-corrected chi connectivity index (χ0v) is 5.40. The first-order valence-electron chi connectivity index (χ1n) is 2.48. The molecular formula is C5H9NS. The molecule has 1 heterocycles. The molecule has 0 bridgehead atoms. The lowest BCUT2D eigenvalue weighted by Gasteiger charge is -2.02. The van der Waals surface area contributed by atoms with E-state index in [4.69, 9.17) is 0 Å². The number of thioether (sulfide) groups is 1. The average Bonchev–Trinajstić information content (AvgIpc) is 1.91. The molecule has 2 unspecified atom stereocenters. The van der Waals surface area contributed by atoms with Crippen LogP contribution in [0.2, 0.25) is 0 Å². The van der Waals surface area contributed by atoms with Gasteiger partial charge in [0.05, 0.1) is 11.6 Å². The summed E-state index contributed by atoms with van der Waals surface area (Å²) in [6.45, 7) is 4.34. The Balaban J connectivity index is 2.45. The molecule has 0 fully saturated rings. The van der Waals surface area contributed by atoms with Crippen LogP contribution in [0, 0.1) is 0 Å². The highest BCUT2D eigenvalue weighted by Gasteiger charge is 2.13. The van der Waals surface area contributed by atoms with E-state index in [2.05, 4.69) is 18.8 Å². The number of hydrogen-bond acceptors (Lipinski definition) is 2. The van der Waals surface area contributed by atoms with Gasteiger partial charge in [0.25, 0.3) is 0 Å². The molecule has 0 spiro atoms. The van der Waals surface area contributed by atoms with Crippen molar-refractivity contribution in [2.24, 2.45) is 4.99 Å². The first-order valence-corrected chi connectivity index (χ1v) is 3.42. The molecule has 1 aliphatic heterocycles. The summed E-state index contributed by atoms with van der Waals surface area (Å²) in [5.74, 6) is 0. The Morgan fingerprint density at radius 1 is 1.57 bits per heavy atom. The molecule has 0 saturated heterocycles. The third-order valence-electron chi connectivity index (χ3n) is 1.25. The summed E-state index contributed by atoms with van der Waals surface area (Å²) >= 11 is 1.81. The largest absolute Gasteiger partial charge is 0.282 e. The van der Waals surface area contributed by atoms with Gasteiger partial charge in [0, 0.05) is 5.25 Å². The summed E-state index contributed by atoms with van der Waals surface area (Å²) < 4.78 is 0. The van der Waals surface area contributed by atoms with Gasteiger partial charge in [0.15, 0.2) is 0 Å². The molecule has 0 aromatic carbocycles. The highest BCUT2D eigenvalue weighted by Crippen LogP contribution is 2.19. The van der Waals surface area contributed by atoms with Gasteiger partial charge >= 0.3 is 0 Å². The lowest BCUT2D eigenvalue weighted by molar-refractivity contribution is 0.751. The molecule has 1 aliphatic rings. The highest BCUT2D eigenvalue weighted by atomic mass is 32.2. The number of aliphatic imine (C=N–C) groups is 1. The van der Waals surface area contributed by atoms with Crippen molar-refractivity contribution in [1.82, 2.24) is 0 Å². The van der Waals surface area contributed by atoms with E-state index in [9.17, 15) is 0 Å². The van der Waals surface area contributed by atoms with Crippen LogP contribution in [-0.4, -0.2) is 16.8 Å². The van der Waals surface area contributed by atoms with Crippen LogP contribution < -0.4 is 0 Å². The lowest BCUT2D eigenvalue weighted by Crippen LogP contribution is -2.06. The van der Waals surface area contributed by atoms with Crippen LogP contribution in [0.4, 0.5) is 0 Å². The van der Waals surface area contributed by atoms with Crippen molar-refractivity contribution in [1.29, 1.82) is 0 Å². The van der Waals surface area contributed by atoms with Crippen molar-refractivity contribution in [2.45, 2.75) is 25.1 Å². The van der Waals surface area contributed by atoms with Gasteiger partial charge in [-0.2, -0.15) is 0 Å². The lowest BCUT2D eigenvalue weighted by atomic mass is 10.3. The molecule has 40 valence electrons. The smallest absolute Gasteiger partial charge is 0.0597 e. The molecule has 0 aromatic heterocycles. The average molecular weight is 115 g/mol. The minimum absolute atomic E-state index is 0.546. The molecule has 1 nitrogen and oxygen atoms in total. The standard InChI is InChI=1S/C5H9NS/c1-4-5(2)7-3-6-4/h3-5H,1-2H3. The monoisotopic (exact) mass is 115 g/mol. The first-order chi connectivity index (χ1) is 3.30. The summed E-state index contributed by atoms with van der Waals surface area (Å²) in [6, 6.07) is 0.546. The second kappa shape index (κ2) is 1.86. The van der Waals surface area contributed by atoms with Gasteiger partial charge in [-0.15, -0.1) is 11.8 Å². The van der Waals surface area contributed by atoms with Crippen LogP contribution in [-0.2, 0) is 0 Å². The van der Waals surface area contributed by atoms with E-state index >= 15 is 0 Å². The molecule has 0 aromatic rings. The van der Waals surface area contributed by atoms with Crippen molar-refractivity contribution < 1.29 is 0 Å². The van der Waals surface area contributed by atoms with Gasteiger partial charge in [-0.3, -0.25) is 4.99 Å². The van der Waals surface area contributed by atoms with Gasteiger partial charge in [0.1, 0.15) is 0 Å². The summed E-state index contributed by atoms with van der Waals surface area (Å²) in [4.78, 5) is 4.16. The van der Waals surface area contributed by atoms with Gasteiger partial charge in [0.2, 0.25) is 0 Å². The van der Waals surface area contributed by atoms with E-state index in [-0.39, 0.29) is 0 Å². The van der Waals surface area contributed by atoms with Gasteiger partial charge < -0.3 is 0 Å². The van der Waals surface area contributed by atoms with Crippen molar-refractivity contribution in [3.8, 4) is 0 Å². The Hall–Kier alpha value is 0.0200. The minimum Gasteiger partial charge on any atom is -0.282 e. The summed E-state index contributed by atoms with van der Waals surface area (Å²) in [7, 11) is 0. The third kappa shape index (κ3) is 0.969. The number of hydrogen-bond donors (Lipinski definition) is 0. The van der Waals surface area contributed by atoms with E-state index in [1.807, 2.05) is 17.3 Å². The van der Waals surface area contributed by atoms with Crippen LogP contribution in [0.1, 0.15) is 13.8 Å². The zero-order chi connectivity index (χ0) is 5.28. The van der Waals surface area contributed by atoms with E-state index in [1.165, 1.54) is 0 Å². The molecule has 0 amide bonds. The molecule has 1 rings (SSSR count). The predicted octanol–water partition coefficient (Wildman–Crippen LogP) is 1.54. The Labute approximate surface area is 48.2 Å². The van der Waals surface area contributed by atoms with Crippen molar-refractivity contribution in [2.75, 3.05) is 0 Å². The van der Waals surface area contributed by atoms with Crippen LogP contribution in [0.3, 0.4) is 0 Å². The highest BCUT2D eigenvalue weighted by molar-refractivity contribution is 8.12. The van der Waals surface area contributed by atoms with Crippen molar-refractivity contribution in [3.05, 3.63) is 0 Å².